The lowest BCUT2D eigenvalue weighted by Gasteiger charge is -2.30. The van der Waals surface area contributed by atoms with Gasteiger partial charge in [0.05, 0.1) is 6.33 Å². The Labute approximate surface area is 128 Å². The Morgan fingerprint density at radius 2 is 2.22 bits per heavy atom. The van der Waals surface area contributed by atoms with E-state index in [0.717, 1.165) is 22.4 Å². The lowest BCUT2D eigenvalue weighted by atomic mass is 10.2. The fourth-order valence-electron chi connectivity index (χ4n) is 1.93. The number of halogens is 2. The Kier molecular flexibility index (Phi) is 4.63. The maximum atomic E-state index is 14.3. The van der Waals surface area contributed by atoms with Crippen molar-refractivity contribution in [2.24, 2.45) is 7.05 Å². The van der Waals surface area contributed by atoms with Crippen LogP contribution < -0.4 is 11.3 Å². The van der Waals surface area contributed by atoms with Crippen molar-refractivity contribution in [3.63, 3.8) is 0 Å². The van der Waals surface area contributed by atoms with Crippen LogP contribution in [0.5, 0.6) is 0 Å². The smallest absolute Gasteiger partial charge is 0.282 e. The molecule has 0 aliphatic carbocycles. The molecule has 0 bridgehead atoms. The third kappa shape index (κ3) is 2.90. The number of imidazole rings is 1. The van der Waals surface area contributed by atoms with Gasteiger partial charge in [-0.25, -0.2) is 13.8 Å². The second-order valence-corrected chi connectivity index (χ2v) is 5.01. The van der Waals surface area contributed by atoms with Crippen LogP contribution in [0.3, 0.4) is 0 Å². The molecular formula is C12H17F2N5O4. The molecule has 0 unspecified atom stereocenters. The second-order valence-electron chi connectivity index (χ2n) is 5.01. The monoisotopic (exact) mass is 333 g/mol. The molecule has 0 fully saturated rings. The third-order valence-corrected chi connectivity index (χ3v) is 3.45. The molecule has 128 valence electrons. The number of rotatable bonds is 6. The molecule has 11 heteroatoms. The van der Waals surface area contributed by atoms with Crippen molar-refractivity contribution in [3.05, 3.63) is 16.7 Å². The summed E-state index contributed by atoms with van der Waals surface area (Å²) >= 11 is 0. The van der Waals surface area contributed by atoms with Gasteiger partial charge in [-0.1, -0.05) is 0 Å². The molecule has 4 N–H and O–H groups in total. The summed E-state index contributed by atoms with van der Waals surface area (Å²) in [6.07, 6.45) is -2.28. The highest BCUT2D eigenvalue weighted by Crippen LogP contribution is 2.26. The van der Waals surface area contributed by atoms with Gasteiger partial charge in [-0.2, -0.15) is 4.98 Å². The summed E-state index contributed by atoms with van der Waals surface area (Å²) in [5, 5.41) is 18.4. The number of anilines is 1. The number of fused-ring (bicyclic) bond motifs is 1. The number of aromatic nitrogens is 4. The zero-order valence-electron chi connectivity index (χ0n) is 12.5. The van der Waals surface area contributed by atoms with Crippen molar-refractivity contribution >= 4 is 17.1 Å². The Hall–Kier alpha value is -2.11. The molecule has 0 aliphatic heterocycles. The van der Waals surface area contributed by atoms with Crippen LogP contribution in [-0.4, -0.2) is 54.6 Å². The van der Waals surface area contributed by atoms with Crippen LogP contribution in [0.25, 0.3) is 11.2 Å². The van der Waals surface area contributed by atoms with Crippen LogP contribution in [-0.2, 0) is 11.8 Å². The number of aliphatic hydroxyl groups is 2. The van der Waals surface area contributed by atoms with Gasteiger partial charge in [0.2, 0.25) is 5.95 Å². The van der Waals surface area contributed by atoms with Gasteiger partial charge in [0.1, 0.15) is 19.4 Å². The van der Waals surface area contributed by atoms with Crippen LogP contribution in [0, 0.1) is 0 Å². The molecule has 2 heterocycles. The summed E-state index contributed by atoms with van der Waals surface area (Å²) in [6, 6.07) is 0. The summed E-state index contributed by atoms with van der Waals surface area (Å²) in [5.41, 5.74) is 4.82. The third-order valence-electron chi connectivity index (χ3n) is 3.45. The van der Waals surface area contributed by atoms with Gasteiger partial charge in [-0.15, -0.1) is 0 Å². The van der Waals surface area contributed by atoms with Crippen molar-refractivity contribution in [1.29, 1.82) is 0 Å². The molecule has 2 aromatic rings. The minimum Gasteiger partial charge on any atom is -0.390 e. The number of nitrogens with two attached hydrogens (primary N) is 1. The number of ether oxygens (including phenoxy) is 1. The second kappa shape index (κ2) is 6.18. The Morgan fingerprint density at radius 3 is 2.74 bits per heavy atom. The minimum atomic E-state index is -2.89. The number of aliphatic hydroxyl groups excluding tert-OH is 2. The van der Waals surface area contributed by atoms with E-state index in [4.69, 9.17) is 15.6 Å². The highest BCUT2D eigenvalue weighted by atomic mass is 19.2. The highest BCUT2D eigenvalue weighted by Gasteiger charge is 2.39. The first kappa shape index (κ1) is 17.2. The molecule has 9 nitrogen and oxygen atoms in total. The summed E-state index contributed by atoms with van der Waals surface area (Å²) in [6.45, 7) is -1.37. The zero-order chi connectivity index (χ0) is 17.4. The van der Waals surface area contributed by atoms with Crippen LogP contribution in [0.2, 0.25) is 0 Å². The molecule has 0 spiro atoms. The van der Waals surface area contributed by atoms with Gasteiger partial charge in [0.25, 0.3) is 11.4 Å². The fourth-order valence-corrected chi connectivity index (χ4v) is 1.93. The number of nitrogen functional groups attached to an aromatic ring is 1. The molecule has 0 saturated heterocycles. The molecule has 0 amide bonds. The number of nitrogens with zero attached hydrogens (tertiary/aromatic N) is 4. The van der Waals surface area contributed by atoms with E-state index in [-0.39, 0.29) is 17.1 Å². The van der Waals surface area contributed by atoms with E-state index >= 15 is 0 Å². The van der Waals surface area contributed by atoms with Gasteiger partial charge < -0.3 is 20.7 Å². The first-order valence-corrected chi connectivity index (χ1v) is 6.65. The van der Waals surface area contributed by atoms with E-state index in [1.807, 2.05) is 0 Å². The average molecular weight is 333 g/mol. The van der Waals surface area contributed by atoms with E-state index in [9.17, 15) is 18.7 Å². The zero-order valence-corrected chi connectivity index (χ0v) is 12.5. The summed E-state index contributed by atoms with van der Waals surface area (Å²) in [5.74, 6) is -3.04. The first-order chi connectivity index (χ1) is 10.7. The van der Waals surface area contributed by atoms with Crippen molar-refractivity contribution in [3.8, 4) is 0 Å². The van der Waals surface area contributed by atoms with E-state index in [0.29, 0.717) is 0 Å². The predicted octanol–water partition coefficient (Wildman–Crippen LogP) is -0.764. The Bertz CT molecular complexity index is 762. The number of hydrogen-bond donors (Lipinski definition) is 3. The number of hydrogen-bond acceptors (Lipinski definition) is 7. The molecule has 0 saturated carbocycles. The normalized spacial score (nSPS) is 17.1. The minimum absolute atomic E-state index is 0.0980. The SMILES string of the molecule is C[C@H](O)[C@@](F)(CO)O[C@H](CF)n1cnc2c(=O)n(C)c(N)nc21. The molecule has 2 rings (SSSR count). The van der Waals surface area contributed by atoms with Crippen molar-refractivity contribution in [1.82, 2.24) is 19.1 Å². The highest BCUT2D eigenvalue weighted by molar-refractivity contribution is 5.70. The van der Waals surface area contributed by atoms with Crippen molar-refractivity contribution in [2.75, 3.05) is 19.0 Å². The molecule has 0 aliphatic rings. The Balaban J connectivity index is 2.51. The van der Waals surface area contributed by atoms with Gasteiger partial charge in [-0.05, 0) is 6.92 Å². The summed E-state index contributed by atoms with van der Waals surface area (Å²) in [4.78, 5) is 19.7. The molecule has 2 aromatic heterocycles. The van der Waals surface area contributed by atoms with Crippen LogP contribution in [0.4, 0.5) is 14.7 Å². The molecule has 3 atom stereocenters. The molecule has 23 heavy (non-hydrogen) atoms. The first-order valence-electron chi connectivity index (χ1n) is 6.65. The van der Waals surface area contributed by atoms with Crippen LogP contribution >= 0.6 is 0 Å². The van der Waals surface area contributed by atoms with Gasteiger partial charge >= 0.3 is 0 Å². The fraction of sp³-hybridized carbons (Fsp3) is 0.583. The summed E-state index contributed by atoms with van der Waals surface area (Å²) < 4.78 is 34.4. The van der Waals surface area contributed by atoms with Crippen molar-refractivity contribution < 1.29 is 23.7 Å². The van der Waals surface area contributed by atoms with E-state index in [1.54, 1.807) is 0 Å². The van der Waals surface area contributed by atoms with Crippen LogP contribution in [0.1, 0.15) is 13.2 Å². The van der Waals surface area contributed by atoms with Gasteiger partial charge in [-0.3, -0.25) is 13.9 Å². The van der Waals surface area contributed by atoms with E-state index in [1.165, 1.54) is 7.05 Å². The molecule has 0 aromatic carbocycles. The topological polar surface area (TPSA) is 128 Å². The molecule has 0 radical (unpaired) electrons. The lowest BCUT2D eigenvalue weighted by molar-refractivity contribution is -0.262. The largest absolute Gasteiger partial charge is 0.390 e. The quantitative estimate of drug-likeness (QED) is 0.633. The standard InChI is InChI=1S/C12H17F2N5O4/c1-6(21)12(14,4-20)23-7(3-13)19-5-16-8-9(19)17-11(15)18(2)10(8)22/h5-7,20-21H,3-4H2,1-2H3,(H2,15,17)/t6-,7+,12+/m0/s1. The molecular weight excluding hydrogens is 316 g/mol. The van der Waals surface area contributed by atoms with Crippen LogP contribution in [0.15, 0.2) is 11.1 Å². The maximum Gasteiger partial charge on any atom is 0.282 e. The average Bonchev–Trinajstić information content (AvgIpc) is 2.93. The summed E-state index contributed by atoms with van der Waals surface area (Å²) in [7, 11) is 1.39. The van der Waals surface area contributed by atoms with E-state index < -0.39 is 37.0 Å². The van der Waals surface area contributed by atoms with E-state index in [2.05, 4.69) is 9.97 Å². The Morgan fingerprint density at radius 1 is 1.57 bits per heavy atom. The van der Waals surface area contributed by atoms with Gasteiger partial charge in [0.15, 0.2) is 17.4 Å². The number of alkyl halides is 2. The predicted molar refractivity (Wildman–Crippen MR) is 75.9 cm³/mol. The van der Waals surface area contributed by atoms with Crippen molar-refractivity contribution in [2.45, 2.75) is 25.1 Å². The lowest BCUT2D eigenvalue weighted by Crippen LogP contribution is -2.44. The van der Waals surface area contributed by atoms with Gasteiger partial charge in [0, 0.05) is 7.05 Å². The maximum absolute atomic E-state index is 14.3.